The Kier molecular flexibility index (Phi) is 5.02. The first kappa shape index (κ1) is 13.3. The lowest BCUT2D eigenvalue weighted by molar-refractivity contribution is -0.861. The second-order valence-electron chi connectivity index (χ2n) is 4.24. The van der Waals surface area contributed by atoms with Crippen molar-refractivity contribution in [3.05, 3.63) is 35.9 Å². The number of rotatable bonds is 3. The predicted octanol–water partition coefficient (Wildman–Crippen LogP) is -1.42. The van der Waals surface area contributed by atoms with Gasteiger partial charge in [0.2, 0.25) is 5.78 Å². The van der Waals surface area contributed by atoms with Crippen LogP contribution >= 0.6 is 0 Å². The molecule has 78 valence electrons. The first-order valence-electron chi connectivity index (χ1n) is 4.38. The van der Waals surface area contributed by atoms with E-state index >= 15 is 0 Å². The first-order valence-corrected chi connectivity index (χ1v) is 4.38. The number of halogens is 1. The number of nitrogens with zero attached hydrogens (tertiary/aromatic N) is 1. The fraction of sp³-hybridized carbons (Fsp3) is 0.364. The lowest BCUT2D eigenvalue weighted by atomic mass is 10.1. The van der Waals surface area contributed by atoms with Crippen molar-refractivity contribution in [3.63, 3.8) is 0 Å². The molecule has 0 aromatic heterocycles. The summed E-state index contributed by atoms with van der Waals surface area (Å²) < 4.78 is 0.674. The number of hydrogen-bond acceptors (Lipinski definition) is 1. The summed E-state index contributed by atoms with van der Waals surface area (Å²) in [6, 6.07) is 9.42. The third kappa shape index (κ3) is 4.53. The van der Waals surface area contributed by atoms with Crippen LogP contribution in [0.15, 0.2) is 30.3 Å². The molecule has 0 aliphatic carbocycles. The van der Waals surface area contributed by atoms with Crippen molar-refractivity contribution >= 4 is 5.78 Å². The van der Waals surface area contributed by atoms with E-state index in [4.69, 9.17) is 0 Å². The summed E-state index contributed by atoms with van der Waals surface area (Å²) in [5.74, 6) is 0.202. The number of quaternary nitrogens is 1. The molecule has 0 fully saturated rings. The second-order valence-corrected chi connectivity index (χ2v) is 4.24. The fourth-order valence-corrected chi connectivity index (χ4v) is 1.15. The third-order valence-electron chi connectivity index (χ3n) is 1.71. The molecule has 1 aromatic carbocycles. The van der Waals surface area contributed by atoms with Gasteiger partial charge in [0.25, 0.3) is 0 Å². The molecular weight excluding hydrogens is 242 g/mol. The van der Waals surface area contributed by atoms with Gasteiger partial charge in [-0.1, -0.05) is 30.3 Å². The fourth-order valence-electron chi connectivity index (χ4n) is 1.15. The van der Waals surface area contributed by atoms with E-state index in [-0.39, 0.29) is 22.8 Å². The molecular formula is C11H16BrNO. The van der Waals surface area contributed by atoms with E-state index in [2.05, 4.69) is 0 Å². The Hall–Kier alpha value is -0.670. The van der Waals surface area contributed by atoms with Gasteiger partial charge in [-0.2, -0.15) is 0 Å². The van der Waals surface area contributed by atoms with Crippen LogP contribution in [0.3, 0.4) is 0 Å². The van der Waals surface area contributed by atoms with Crippen LogP contribution in [0.4, 0.5) is 0 Å². The Morgan fingerprint density at radius 1 is 1.14 bits per heavy atom. The number of hydrogen-bond donors (Lipinski definition) is 0. The van der Waals surface area contributed by atoms with Gasteiger partial charge >= 0.3 is 0 Å². The summed E-state index contributed by atoms with van der Waals surface area (Å²) in [6.45, 7) is 0.546. The molecule has 0 spiro atoms. The average Bonchev–Trinajstić information content (AvgIpc) is 2.03. The summed E-state index contributed by atoms with van der Waals surface area (Å²) >= 11 is 0. The zero-order valence-electron chi connectivity index (χ0n) is 8.83. The molecule has 1 rings (SSSR count). The SMILES string of the molecule is C[N+](C)(C)CC(=O)c1ccccc1.[Br-]. The maximum Gasteiger partial charge on any atom is 0.216 e. The average molecular weight is 258 g/mol. The summed E-state index contributed by atoms with van der Waals surface area (Å²) in [4.78, 5) is 11.6. The smallest absolute Gasteiger partial charge is 0.216 e. The van der Waals surface area contributed by atoms with Crippen molar-refractivity contribution in [2.75, 3.05) is 27.7 Å². The standard InChI is InChI=1S/C11H16NO.BrH/c1-12(2,3)9-11(13)10-7-5-4-6-8-10;/h4-8H,9H2,1-3H3;1H/q+1;/p-1. The topological polar surface area (TPSA) is 17.1 Å². The molecule has 0 saturated carbocycles. The number of carbonyl (C=O) groups is 1. The van der Waals surface area contributed by atoms with E-state index in [9.17, 15) is 4.79 Å². The number of likely N-dealkylation sites (N-methyl/N-ethyl adjacent to an activating group) is 1. The summed E-state index contributed by atoms with van der Waals surface area (Å²) in [5.41, 5.74) is 0.801. The normalized spacial score (nSPS) is 10.5. The molecule has 0 N–H and O–H groups in total. The van der Waals surface area contributed by atoms with E-state index in [1.54, 1.807) is 0 Å². The number of carbonyl (C=O) groups excluding carboxylic acids is 1. The van der Waals surface area contributed by atoms with Gasteiger partial charge in [0.05, 0.1) is 21.1 Å². The highest BCUT2D eigenvalue weighted by Crippen LogP contribution is 2.02. The van der Waals surface area contributed by atoms with Gasteiger partial charge in [-0.15, -0.1) is 0 Å². The molecule has 0 aliphatic rings. The molecule has 0 atom stereocenters. The van der Waals surface area contributed by atoms with Crippen molar-refractivity contribution in [3.8, 4) is 0 Å². The molecule has 0 amide bonds. The van der Waals surface area contributed by atoms with Crippen LogP contribution in [0.25, 0.3) is 0 Å². The monoisotopic (exact) mass is 257 g/mol. The van der Waals surface area contributed by atoms with Gasteiger partial charge < -0.3 is 21.5 Å². The number of ketones is 1. The minimum Gasteiger partial charge on any atom is -1.00 e. The lowest BCUT2D eigenvalue weighted by Gasteiger charge is -2.22. The maximum atomic E-state index is 11.6. The van der Waals surface area contributed by atoms with Crippen molar-refractivity contribution in [2.45, 2.75) is 0 Å². The molecule has 0 bridgehead atoms. The Bertz CT molecular complexity index is 290. The van der Waals surface area contributed by atoms with Crippen LogP contribution in [-0.4, -0.2) is 38.0 Å². The second kappa shape index (κ2) is 5.27. The molecule has 0 aliphatic heterocycles. The van der Waals surface area contributed by atoms with E-state index in [0.717, 1.165) is 5.56 Å². The quantitative estimate of drug-likeness (QED) is 0.480. The zero-order chi connectivity index (χ0) is 9.90. The molecule has 14 heavy (non-hydrogen) atoms. The Morgan fingerprint density at radius 2 is 1.64 bits per heavy atom. The van der Waals surface area contributed by atoms with Crippen molar-refractivity contribution < 1.29 is 26.3 Å². The van der Waals surface area contributed by atoms with Gasteiger partial charge in [-0.05, 0) is 0 Å². The summed E-state index contributed by atoms with van der Waals surface area (Å²) in [5, 5.41) is 0. The summed E-state index contributed by atoms with van der Waals surface area (Å²) in [7, 11) is 6.04. The maximum absolute atomic E-state index is 11.6. The molecule has 3 heteroatoms. The van der Waals surface area contributed by atoms with Crippen molar-refractivity contribution in [1.82, 2.24) is 0 Å². The van der Waals surface area contributed by atoms with Crippen molar-refractivity contribution in [1.29, 1.82) is 0 Å². The van der Waals surface area contributed by atoms with Gasteiger partial charge in [0.15, 0.2) is 0 Å². The predicted molar refractivity (Wildman–Crippen MR) is 53.7 cm³/mol. The van der Waals surface area contributed by atoms with Gasteiger partial charge in [-0.25, -0.2) is 0 Å². The highest BCUT2D eigenvalue weighted by molar-refractivity contribution is 5.96. The molecule has 1 aromatic rings. The van der Waals surface area contributed by atoms with Crippen LogP contribution in [0.5, 0.6) is 0 Å². The van der Waals surface area contributed by atoms with E-state index in [1.165, 1.54) is 0 Å². The van der Waals surface area contributed by atoms with Gasteiger partial charge in [-0.3, -0.25) is 4.79 Å². The highest BCUT2D eigenvalue weighted by atomic mass is 79.9. The zero-order valence-corrected chi connectivity index (χ0v) is 10.4. The highest BCUT2D eigenvalue weighted by Gasteiger charge is 2.15. The number of Topliss-reactive ketones (excluding diaryl/α,β-unsaturated/α-hetero) is 1. The Labute approximate surface area is 95.9 Å². The first-order chi connectivity index (χ1) is 5.99. The van der Waals surface area contributed by atoms with Crippen LogP contribution in [0.2, 0.25) is 0 Å². The molecule has 0 unspecified atom stereocenters. The molecule has 0 radical (unpaired) electrons. The largest absolute Gasteiger partial charge is 1.00 e. The van der Waals surface area contributed by atoms with E-state index in [0.29, 0.717) is 11.0 Å². The van der Waals surface area contributed by atoms with Crippen LogP contribution in [0, 0.1) is 0 Å². The number of benzene rings is 1. The van der Waals surface area contributed by atoms with Gasteiger partial charge in [0.1, 0.15) is 6.54 Å². The van der Waals surface area contributed by atoms with E-state index < -0.39 is 0 Å². The minimum absolute atomic E-state index is 0. The van der Waals surface area contributed by atoms with Gasteiger partial charge in [0, 0.05) is 5.56 Å². The van der Waals surface area contributed by atoms with Crippen molar-refractivity contribution in [2.24, 2.45) is 0 Å². The van der Waals surface area contributed by atoms with Crippen LogP contribution in [-0.2, 0) is 0 Å². The minimum atomic E-state index is 0. The van der Waals surface area contributed by atoms with E-state index in [1.807, 2.05) is 51.5 Å². The lowest BCUT2D eigenvalue weighted by Crippen LogP contribution is -3.00. The third-order valence-corrected chi connectivity index (χ3v) is 1.71. The molecule has 2 nitrogen and oxygen atoms in total. The Morgan fingerprint density at radius 3 is 2.07 bits per heavy atom. The Balaban J connectivity index is 0.00000169. The molecule has 0 heterocycles. The van der Waals surface area contributed by atoms with Crippen LogP contribution < -0.4 is 17.0 Å². The summed E-state index contributed by atoms with van der Waals surface area (Å²) in [6.07, 6.45) is 0. The van der Waals surface area contributed by atoms with Crippen LogP contribution in [0.1, 0.15) is 10.4 Å². The molecule has 0 saturated heterocycles.